The summed E-state index contributed by atoms with van der Waals surface area (Å²) in [6.45, 7) is -0.0783. The van der Waals surface area contributed by atoms with E-state index in [0.29, 0.717) is 0 Å². The average Bonchev–Trinajstić information content (AvgIpc) is 2.27. The second kappa shape index (κ2) is 4.77. The Balaban J connectivity index is 3.34. The van der Waals surface area contributed by atoms with E-state index in [1.54, 1.807) is 0 Å². The molecule has 0 aliphatic carbocycles. The first-order valence-electron chi connectivity index (χ1n) is 4.44. The van der Waals surface area contributed by atoms with Gasteiger partial charge in [-0.2, -0.15) is 0 Å². The average molecular weight is 228 g/mol. The molecule has 0 amide bonds. The van der Waals surface area contributed by atoms with Gasteiger partial charge in [0.2, 0.25) is 5.75 Å². The van der Waals surface area contributed by atoms with E-state index in [0.717, 1.165) is 6.07 Å². The highest BCUT2D eigenvalue weighted by atomic mass is 16.6. The summed E-state index contributed by atoms with van der Waals surface area (Å²) in [5.74, 6) is -0.642. The maximum Gasteiger partial charge on any atom is 0.315 e. The molecule has 7 heteroatoms. The highest BCUT2D eigenvalue weighted by Gasteiger charge is 2.21. The molecular formula is C9H12N2O5. The van der Waals surface area contributed by atoms with E-state index in [2.05, 4.69) is 0 Å². The van der Waals surface area contributed by atoms with Gasteiger partial charge < -0.3 is 20.7 Å². The summed E-state index contributed by atoms with van der Waals surface area (Å²) in [5, 5.41) is 29.6. The van der Waals surface area contributed by atoms with Crippen LogP contribution >= 0.6 is 0 Å². The summed E-state index contributed by atoms with van der Waals surface area (Å²) >= 11 is 0. The smallest absolute Gasteiger partial charge is 0.315 e. The number of phenols is 1. The first-order chi connectivity index (χ1) is 7.51. The van der Waals surface area contributed by atoms with Crippen molar-refractivity contribution < 1.29 is 19.9 Å². The monoisotopic (exact) mass is 228 g/mol. The number of rotatable bonds is 4. The van der Waals surface area contributed by atoms with Gasteiger partial charge in [-0.25, -0.2) is 0 Å². The van der Waals surface area contributed by atoms with E-state index in [4.69, 9.17) is 10.5 Å². The molecule has 1 rings (SSSR count). The minimum Gasteiger partial charge on any atom is -0.500 e. The first-order valence-corrected chi connectivity index (χ1v) is 4.44. The Hall–Kier alpha value is -1.86. The molecule has 1 aromatic carbocycles. The molecular weight excluding hydrogens is 216 g/mol. The predicted octanol–water partition coefficient (Wildman–Crippen LogP) is 0.301. The van der Waals surface area contributed by atoms with Gasteiger partial charge in [0.15, 0.2) is 5.75 Å². The van der Waals surface area contributed by atoms with Crippen LogP contribution in [0.25, 0.3) is 0 Å². The number of hydrogen-bond acceptors (Lipinski definition) is 6. The third kappa shape index (κ3) is 2.20. The second-order valence-electron chi connectivity index (χ2n) is 3.10. The molecule has 1 unspecified atom stereocenters. The number of aliphatic hydroxyl groups is 1. The Morgan fingerprint density at radius 1 is 1.62 bits per heavy atom. The van der Waals surface area contributed by atoms with Crippen LogP contribution in [0, 0.1) is 10.1 Å². The van der Waals surface area contributed by atoms with E-state index in [-0.39, 0.29) is 17.9 Å². The van der Waals surface area contributed by atoms with Crippen molar-refractivity contribution in [2.24, 2.45) is 5.73 Å². The van der Waals surface area contributed by atoms with Crippen LogP contribution < -0.4 is 10.5 Å². The Morgan fingerprint density at radius 3 is 2.69 bits per heavy atom. The second-order valence-corrected chi connectivity index (χ2v) is 3.10. The number of benzene rings is 1. The summed E-state index contributed by atoms with van der Waals surface area (Å²) < 4.78 is 4.76. The van der Waals surface area contributed by atoms with Crippen LogP contribution in [0.3, 0.4) is 0 Å². The van der Waals surface area contributed by atoms with E-state index in [1.165, 1.54) is 13.2 Å². The van der Waals surface area contributed by atoms with Crippen molar-refractivity contribution in [1.82, 2.24) is 0 Å². The van der Waals surface area contributed by atoms with E-state index < -0.39 is 22.5 Å². The fraction of sp³-hybridized carbons (Fsp3) is 0.333. The first kappa shape index (κ1) is 12.2. The molecule has 0 aromatic heterocycles. The lowest BCUT2D eigenvalue weighted by atomic mass is 10.1. The number of aromatic hydroxyl groups is 1. The van der Waals surface area contributed by atoms with Crippen LogP contribution in [0.4, 0.5) is 5.69 Å². The lowest BCUT2D eigenvalue weighted by Crippen LogP contribution is -2.12. The summed E-state index contributed by atoms with van der Waals surface area (Å²) in [6.07, 6.45) is -1.03. The fourth-order valence-corrected chi connectivity index (χ4v) is 1.24. The molecule has 1 atom stereocenters. The molecule has 0 radical (unpaired) electrons. The normalized spacial score (nSPS) is 12.2. The Labute approximate surface area is 91.2 Å². The Kier molecular flexibility index (Phi) is 3.64. The maximum absolute atomic E-state index is 10.6. The van der Waals surface area contributed by atoms with Crippen molar-refractivity contribution in [2.75, 3.05) is 13.7 Å². The molecule has 0 saturated heterocycles. The van der Waals surface area contributed by atoms with Gasteiger partial charge in [-0.15, -0.1) is 0 Å². The van der Waals surface area contributed by atoms with Gasteiger partial charge in [0, 0.05) is 12.6 Å². The largest absolute Gasteiger partial charge is 0.500 e. The summed E-state index contributed by atoms with van der Waals surface area (Å²) in [6, 6.07) is 2.37. The molecule has 0 fully saturated rings. The molecule has 0 spiro atoms. The molecule has 0 heterocycles. The number of methoxy groups -OCH3 is 1. The number of phenolic OH excluding ortho intramolecular Hbond substituents is 1. The summed E-state index contributed by atoms with van der Waals surface area (Å²) in [5.41, 5.74) is 4.94. The van der Waals surface area contributed by atoms with Gasteiger partial charge >= 0.3 is 5.69 Å². The van der Waals surface area contributed by atoms with Crippen molar-refractivity contribution in [3.8, 4) is 11.5 Å². The number of ether oxygens (including phenoxy) is 1. The van der Waals surface area contributed by atoms with Crippen LogP contribution in [0.15, 0.2) is 12.1 Å². The maximum atomic E-state index is 10.6. The fourth-order valence-electron chi connectivity index (χ4n) is 1.24. The zero-order valence-corrected chi connectivity index (χ0v) is 8.58. The third-order valence-electron chi connectivity index (χ3n) is 2.10. The number of nitrogens with zero attached hydrogens (tertiary/aromatic N) is 1. The molecule has 7 nitrogen and oxygen atoms in total. The van der Waals surface area contributed by atoms with Crippen LogP contribution in [-0.4, -0.2) is 28.8 Å². The van der Waals surface area contributed by atoms with Gasteiger partial charge in [-0.05, 0) is 11.6 Å². The molecule has 0 aliphatic rings. The van der Waals surface area contributed by atoms with E-state index in [9.17, 15) is 20.3 Å². The van der Waals surface area contributed by atoms with Gasteiger partial charge in [-0.1, -0.05) is 0 Å². The molecule has 4 N–H and O–H groups in total. The van der Waals surface area contributed by atoms with Crippen LogP contribution in [-0.2, 0) is 0 Å². The molecule has 16 heavy (non-hydrogen) atoms. The highest BCUT2D eigenvalue weighted by molar-refractivity contribution is 5.57. The van der Waals surface area contributed by atoms with Crippen molar-refractivity contribution in [2.45, 2.75) is 6.10 Å². The zero-order chi connectivity index (χ0) is 12.3. The summed E-state index contributed by atoms with van der Waals surface area (Å²) in [7, 11) is 1.26. The standard InChI is InChI=1S/C9H12N2O5/c1-16-8-3-5(7(12)4-10)2-6(9(8)13)11(14)15/h2-3,7,12-13H,4,10H2,1H3. The predicted molar refractivity (Wildman–Crippen MR) is 55.3 cm³/mol. The van der Waals surface area contributed by atoms with E-state index in [1.807, 2.05) is 0 Å². The van der Waals surface area contributed by atoms with Crippen molar-refractivity contribution in [3.63, 3.8) is 0 Å². The van der Waals surface area contributed by atoms with Gasteiger partial charge in [0.25, 0.3) is 0 Å². The number of nitrogens with two attached hydrogens (primary N) is 1. The molecule has 88 valence electrons. The minimum absolute atomic E-state index is 0.0725. The van der Waals surface area contributed by atoms with Gasteiger partial charge in [0.1, 0.15) is 0 Å². The summed E-state index contributed by atoms with van der Waals surface area (Å²) in [4.78, 5) is 9.87. The molecule has 1 aromatic rings. The zero-order valence-electron chi connectivity index (χ0n) is 8.58. The van der Waals surface area contributed by atoms with Crippen LogP contribution in [0.5, 0.6) is 11.5 Å². The van der Waals surface area contributed by atoms with Gasteiger partial charge in [-0.3, -0.25) is 10.1 Å². The van der Waals surface area contributed by atoms with Crippen molar-refractivity contribution in [1.29, 1.82) is 0 Å². The quantitative estimate of drug-likeness (QED) is 0.503. The number of aliphatic hydroxyl groups excluding tert-OH is 1. The topological polar surface area (TPSA) is 119 Å². The molecule has 0 aliphatic heterocycles. The number of nitro benzene ring substituents is 1. The minimum atomic E-state index is -1.03. The van der Waals surface area contributed by atoms with E-state index >= 15 is 0 Å². The highest BCUT2D eigenvalue weighted by Crippen LogP contribution is 2.38. The molecule has 0 saturated carbocycles. The number of nitro groups is 1. The van der Waals surface area contributed by atoms with Crippen LogP contribution in [0.1, 0.15) is 11.7 Å². The lowest BCUT2D eigenvalue weighted by molar-refractivity contribution is -0.386. The Bertz CT molecular complexity index is 407. The third-order valence-corrected chi connectivity index (χ3v) is 2.10. The van der Waals surface area contributed by atoms with Crippen LogP contribution in [0.2, 0.25) is 0 Å². The lowest BCUT2D eigenvalue weighted by Gasteiger charge is -2.11. The number of hydrogen-bond donors (Lipinski definition) is 3. The van der Waals surface area contributed by atoms with Crippen molar-refractivity contribution >= 4 is 5.69 Å². The Morgan fingerprint density at radius 2 is 2.25 bits per heavy atom. The SMILES string of the molecule is COc1cc(C(O)CN)cc([N+](=O)[O-])c1O. The van der Waals surface area contributed by atoms with Crippen molar-refractivity contribution in [3.05, 3.63) is 27.8 Å². The molecule has 0 bridgehead atoms. The van der Waals surface area contributed by atoms with Gasteiger partial charge in [0.05, 0.1) is 18.1 Å².